The Morgan fingerprint density at radius 2 is 1.67 bits per heavy atom. The number of fused-ring (bicyclic) bond motifs is 1. The van der Waals surface area contributed by atoms with Crippen LogP contribution in [0.4, 0.5) is 5.69 Å². The number of hydrogen-bond donors (Lipinski definition) is 1. The van der Waals surface area contributed by atoms with Crippen molar-refractivity contribution in [1.29, 1.82) is 0 Å². The normalized spacial score (nSPS) is 12.7. The predicted molar refractivity (Wildman–Crippen MR) is 109 cm³/mol. The Morgan fingerprint density at radius 3 is 2.40 bits per heavy atom. The van der Waals surface area contributed by atoms with Gasteiger partial charge in [-0.05, 0) is 42.5 Å². The van der Waals surface area contributed by atoms with Crippen LogP contribution in [0.1, 0.15) is 22.0 Å². The number of esters is 1. The van der Waals surface area contributed by atoms with Crippen LogP contribution in [-0.2, 0) is 9.53 Å². The van der Waals surface area contributed by atoms with Crippen molar-refractivity contribution in [2.45, 2.75) is 6.10 Å². The topological polar surface area (TPSA) is 83.1 Å². The van der Waals surface area contributed by atoms with Crippen molar-refractivity contribution in [3.63, 3.8) is 0 Å². The molecule has 1 N–H and O–H groups in total. The van der Waals surface area contributed by atoms with E-state index in [1.165, 1.54) is 6.07 Å². The van der Waals surface area contributed by atoms with Gasteiger partial charge >= 0.3 is 5.97 Å². The second-order valence-corrected chi connectivity index (χ2v) is 6.48. The minimum Gasteiger partial charge on any atom is -0.497 e. The molecule has 0 radical (unpaired) electrons. The summed E-state index contributed by atoms with van der Waals surface area (Å²) in [5.41, 5.74) is 1.37. The maximum atomic E-state index is 13.0. The quantitative estimate of drug-likeness (QED) is 0.625. The Balaban J connectivity index is 1.55. The molecule has 3 aromatic rings. The summed E-state index contributed by atoms with van der Waals surface area (Å²) < 4.78 is 21.3. The number of carbonyl (C=O) groups excluding carboxylic acids is 2. The van der Waals surface area contributed by atoms with E-state index in [0.717, 1.165) is 0 Å². The van der Waals surface area contributed by atoms with Gasteiger partial charge in [0.05, 0.1) is 12.7 Å². The summed E-state index contributed by atoms with van der Waals surface area (Å²) in [6.07, 6.45) is -1.13. The molecule has 1 aliphatic rings. The molecule has 0 fully saturated rings. The Bertz CT molecular complexity index is 1050. The number of rotatable bonds is 6. The van der Waals surface area contributed by atoms with Crippen LogP contribution in [0.3, 0.4) is 0 Å². The van der Waals surface area contributed by atoms with Gasteiger partial charge in [-0.3, -0.25) is 4.79 Å². The average molecular weight is 405 g/mol. The minimum absolute atomic E-state index is 0.102. The number of benzene rings is 3. The summed E-state index contributed by atoms with van der Waals surface area (Å²) in [7, 11) is 1.56. The van der Waals surface area contributed by atoms with E-state index in [0.29, 0.717) is 28.5 Å². The molecule has 1 heterocycles. The molecule has 7 heteroatoms. The van der Waals surface area contributed by atoms with Gasteiger partial charge in [0.15, 0.2) is 11.5 Å². The molecule has 0 aliphatic carbocycles. The molecule has 0 aromatic heterocycles. The summed E-state index contributed by atoms with van der Waals surface area (Å²) in [5, 5.41) is 2.77. The van der Waals surface area contributed by atoms with Gasteiger partial charge < -0.3 is 24.3 Å². The SMILES string of the molecule is COc1ccc(NC(=O)C(OC(=O)c2ccc3c(c2)OCO3)c2ccccc2)cc1. The zero-order valence-corrected chi connectivity index (χ0v) is 16.2. The van der Waals surface area contributed by atoms with Crippen LogP contribution in [-0.4, -0.2) is 25.8 Å². The highest BCUT2D eigenvalue weighted by atomic mass is 16.7. The highest BCUT2D eigenvalue weighted by Crippen LogP contribution is 2.33. The zero-order chi connectivity index (χ0) is 20.9. The standard InChI is InChI=1S/C23H19NO6/c1-27-18-10-8-17(9-11-18)24-22(25)21(15-5-3-2-4-6-15)30-23(26)16-7-12-19-20(13-16)29-14-28-19/h2-13,21H,14H2,1H3,(H,24,25). The number of anilines is 1. The van der Waals surface area contributed by atoms with E-state index in [2.05, 4.69) is 5.32 Å². The van der Waals surface area contributed by atoms with E-state index in [-0.39, 0.29) is 12.4 Å². The monoisotopic (exact) mass is 405 g/mol. The van der Waals surface area contributed by atoms with Gasteiger partial charge in [-0.15, -0.1) is 0 Å². The van der Waals surface area contributed by atoms with Crippen molar-refractivity contribution in [3.05, 3.63) is 83.9 Å². The molecule has 0 saturated heterocycles. The molecule has 4 rings (SSSR count). The largest absolute Gasteiger partial charge is 0.497 e. The molecule has 7 nitrogen and oxygen atoms in total. The van der Waals surface area contributed by atoms with Crippen molar-refractivity contribution < 1.29 is 28.5 Å². The maximum Gasteiger partial charge on any atom is 0.339 e. The van der Waals surface area contributed by atoms with E-state index >= 15 is 0 Å². The molecule has 0 spiro atoms. The van der Waals surface area contributed by atoms with Crippen LogP contribution < -0.4 is 19.5 Å². The number of hydrogen-bond acceptors (Lipinski definition) is 6. The third kappa shape index (κ3) is 4.20. The van der Waals surface area contributed by atoms with Crippen molar-refractivity contribution in [3.8, 4) is 17.2 Å². The summed E-state index contributed by atoms with van der Waals surface area (Å²) in [4.78, 5) is 25.7. The number of carbonyl (C=O) groups is 2. The third-order valence-electron chi connectivity index (χ3n) is 4.53. The first-order chi connectivity index (χ1) is 14.6. The lowest BCUT2D eigenvalue weighted by Gasteiger charge is -2.18. The fourth-order valence-electron chi connectivity index (χ4n) is 2.98. The molecule has 1 atom stereocenters. The second-order valence-electron chi connectivity index (χ2n) is 6.48. The second kappa shape index (κ2) is 8.57. The van der Waals surface area contributed by atoms with Crippen LogP contribution in [0.15, 0.2) is 72.8 Å². The minimum atomic E-state index is -1.13. The van der Waals surface area contributed by atoms with Crippen molar-refractivity contribution in [2.24, 2.45) is 0 Å². The predicted octanol–water partition coefficient (Wildman–Crippen LogP) is 3.96. The molecule has 3 aromatic carbocycles. The molecule has 0 bridgehead atoms. The smallest absolute Gasteiger partial charge is 0.339 e. The van der Waals surface area contributed by atoms with Gasteiger partial charge in [0.25, 0.3) is 5.91 Å². The van der Waals surface area contributed by atoms with Crippen molar-refractivity contribution >= 4 is 17.6 Å². The molecule has 0 saturated carbocycles. The maximum absolute atomic E-state index is 13.0. The van der Waals surface area contributed by atoms with Crippen molar-refractivity contribution in [2.75, 3.05) is 19.2 Å². The third-order valence-corrected chi connectivity index (χ3v) is 4.53. The van der Waals surface area contributed by atoms with Crippen LogP contribution >= 0.6 is 0 Å². The fourth-order valence-corrected chi connectivity index (χ4v) is 2.98. The Morgan fingerprint density at radius 1 is 0.933 bits per heavy atom. The average Bonchev–Trinajstić information content (AvgIpc) is 3.26. The highest BCUT2D eigenvalue weighted by molar-refractivity contribution is 5.98. The van der Waals surface area contributed by atoms with Gasteiger partial charge in [0, 0.05) is 11.3 Å². The lowest BCUT2D eigenvalue weighted by molar-refractivity contribution is -0.125. The number of methoxy groups -OCH3 is 1. The summed E-state index contributed by atoms with van der Waals surface area (Å²) in [5.74, 6) is 0.571. The first kappa shape index (κ1) is 19.3. The highest BCUT2D eigenvalue weighted by Gasteiger charge is 2.27. The van der Waals surface area contributed by atoms with Gasteiger partial charge in [-0.2, -0.15) is 0 Å². The van der Waals surface area contributed by atoms with Gasteiger partial charge in [0.2, 0.25) is 12.9 Å². The van der Waals surface area contributed by atoms with Gasteiger partial charge in [-0.25, -0.2) is 4.79 Å². The number of nitrogens with one attached hydrogen (secondary N) is 1. The Hall–Kier alpha value is -4.00. The van der Waals surface area contributed by atoms with Crippen molar-refractivity contribution in [1.82, 2.24) is 0 Å². The van der Waals surface area contributed by atoms with E-state index < -0.39 is 18.0 Å². The van der Waals surface area contributed by atoms with E-state index in [4.69, 9.17) is 18.9 Å². The van der Waals surface area contributed by atoms with E-state index in [1.807, 2.05) is 6.07 Å². The van der Waals surface area contributed by atoms with Gasteiger partial charge in [0.1, 0.15) is 5.75 Å². The van der Waals surface area contributed by atoms with Crippen LogP contribution in [0, 0.1) is 0 Å². The summed E-state index contributed by atoms with van der Waals surface area (Å²) >= 11 is 0. The molecule has 152 valence electrons. The molecule has 1 amide bonds. The zero-order valence-electron chi connectivity index (χ0n) is 16.2. The first-order valence-electron chi connectivity index (χ1n) is 9.24. The fraction of sp³-hybridized carbons (Fsp3) is 0.130. The Labute approximate surface area is 173 Å². The van der Waals surface area contributed by atoms with Crippen LogP contribution in [0.5, 0.6) is 17.2 Å². The number of ether oxygens (including phenoxy) is 4. The van der Waals surface area contributed by atoms with Crippen LogP contribution in [0.25, 0.3) is 0 Å². The van der Waals surface area contributed by atoms with Gasteiger partial charge in [-0.1, -0.05) is 30.3 Å². The van der Waals surface area contributed by atoms with Crippen LogP contribution in [0.2, 0.25) is 0 Å². The summed E-state index contributed by atoms with van der Waals surface area (Å²) in [6.45, 7) is 0.102. The van der Waals surface area contributed by atoms with E-state index in [9.17, 15) is 9.59 Å². The molecule has 1 unspecified atom stereocenters. The Kier molecular flexibility index (Phi) is 5.52. The molecule has 30 heavy (non-hydrogen) atoms. The number of amides is 1. The summed E-state index contributed by atoms with van der Waals surface area (Å²) in [6, 6.07) is 20.4. The molecular weight excluding hydrogens is 386 g/mol. The van der Waals surface area contributed by atoms with E-state index in [1.54, 1.807) is 67.8 Å². The lowest BCUT2D eigenvalue weighted by Crippen LogP contribution is -2.26. The molecule has 1 aliphatic heterocycles. The lowest BCUT2D eigenvalue weighted by atomic mass is 10.1. The first-order valence-corrected chi connectivity index (χ1v) is 9.24. The molecular formula is C23H19NO6.